The molecule has 0 saturated heterocycles. The van der Waals surface area contributed by atoms with E-state index in [1.54, 1.807) is 24.3 Å². The van der Waals surface area contributed by atoms with Crippen LogP contribution in [0.1, 0.15) is 43.2 Å². The number of ether oxygens (including phenoxy) is 2. The van der Waals surface area contributed by atoms with E-state index >= 15 is 0 Å². The molecule has 4 nitrogen and oxygen atoms in total. The predicted octanol–water partition coefficient (Wildman–Crippen LogP) is 6.34. The molecule has 168 valence electrons. The lowest BCUT2D eigenvalue weighted by Crippen LogP contribution is -2.30. The molecular weight excluding hydrogens is 447 g/mol. The number of hydrogen-bond donors (Lipinski definition) is 0. The van der Waals surface area contributed by atoms with Gasteiger partial charge in [-0.25, -0.2) is 9.59 Å². The van der Waals surface area contributed by atoms with E-state index in [-0.39, 0.29) is 28.3 Å². The second-order valence-corrected chi connectivity index (χ2v) is 8.48. The molecule has 1 fully saturated rings. The van der Waals surface area contributed by atoms with Crippen molar-refractivity contribution >= 4 is 35.1 Å². The Morgan fingerprint density at radius 3 is 1.44 bits per heavy atom. The van der Waals surface area contributed by atoms with Gasteiger partial charge in [-0.3, -0.25) is 0 Å². The van der Waals surface area contributed by atoms with Crippen LogP contribution in [0.4, 0.5) is 0 Å². The zero-order valence-electron chi connectivity index (χ0n) is 17.9. The number of alkyl halides is 2. The van der Waals surface area contributed by atoms with Crippen molar-refractivity contribution in [2.45, 2.75) is 37.5 Å². The van der Waals surface area contributed by atoms with Gasteiger partial charge in [-0.1, -0.05) is 56.7 Å². The van der Waals surface area contributed by atoms with Crippen molar-refractivity contribution in [1.82, 2.24) is 0 Å². The first-order valence-corrected chi connectivity index (χ1v) is 11.6. The highest BCUT2D eigenvalue weighted by Crippen LogP contribution is 2.45. The van der Waals surface area contributed by atoms with Crippen LogP contribution in [-0.2, 0) is 15.0 Å². The maximum Gasteiger partial charge on any atom is 0.340 e. The Morgan fingerprint density at radius 1 is 0.719 bits per heavy atom. The second kappa shape index (κ2) is 10.8. The minimum atomic E-state index is -0.526. The van der Waals surface area contributed by atoms with Gasteiger partial charge in [0.25, 0.3) is 0 Å². The zero-order valence-corrected chi connectivity index (χ0v) is 19.4. The first kappa shape index (κ1) is 24.1. The molecule has 0 atom stereocenters. The van der Waals surface area contributed by atoms with Gasteiger partial charge in [-0.05, 0) is 48.2 Å². The van der Waals surface area contributed by atoms with Gasteiger partial charge in [0.05, 0.1) is 11.8 Å². The lowest BCUT2D eigenvalue weighted by Gasteiger charge is -2.38. The van der Waals surface area contributed by atoms with Crippen LogP contribution in [-0.4, -0.2) is 23.7 Å². The summed E-state index contributed by atoms with van der Waals surface area (Å²) in [5.41, 5.74) is 2.61. The van der Waals surface area contributed by atoms with Crippen molar-refractivity contribution in [3.8, 4) is 11.5 Å². The monoisotopic (exact) mass is 472 g/mol. The van der Waals surface area contributed by atoms with E-state index in [2.05, 4.69) is 13.2 Å². The zero-order chi connectivity index (χ0) is 23.1. The van der Waals surface area contributed by atoms with Crippen molar-refractivity contribution in [2.24, 2.45) is 0 Å². The average Bonchev–Trinajstić information content (AvgIpc) is 2.84. The van der Waals surface area contributed by atoms with Gasteiger partial charge < -0.3 is 9.47 Å². The van der Waals surface area contributed by atoms with Gasteiger partial charge in [-0.2, -0.15) is 0 Å². The van der Waals surface area contributed by atoms with E-state index in [1.165, 1.54) is 6.42 Å². The van der Waals surface area contributed by atoms with Crippen LogP contribution >= 0.6 is 23.2 Å². The molecule has 3 rings (SSSR count). The summed E-state index contributed by atoms with van der Waals surface area (Å²) in [4.78, 5) is 23.9. The standard InChI is InChI=1S/C26H26Cl2O4/c1-18(16-27)24(29)31-22-10-6-20(7-11-22)26(14-4-3-5-15-26)21-8-12-23(13-9-21)32-25(30)19(2)17-28/h6-13H,1-5,14-17H2. The Hall–Kier alpha value is -2.56. The van der Waals surface area contributed by atoms with Crippen molar-refractivity contribution in [3.05, 3.63) is 84.0 Å². The first-order valence-electron chi connectivity index (χ1n) is 10.5. The highest BCUT2D eigenvalue weighted by molar-refractivity contribution is 6.22. The highest BCUT2D eigenvalue weighted by atomic mass is 35.5. The van der Waals surface area contributed by atoms with Crippen LogP contribution in [0.5, 0.6) is 11.5 Å². The molecule has 0 spiro atoms. The molecule has 0 aromatic heterocycles. The lowest BCUT2D eigenvalue weighted by molar-refractivity contribution is -0.130. The van der Waals surface area contributed by atoms with Gasteiger partial charge in [0, 0.05) is 16.6 Å². The largest absolute Gasteiger partial charge is 0.423 e. The molecule has 1 aliphatic rings. The Labute approximate surface area is 198 Å². The van der Waals surface area contributed by atoms with E-state index in [0.29, 0.717) is 11.5 Å². The van der Waals surface area contributed by atoms with Crippen LogP contribution in [0, 0.1) is 0 Å². The minimum Gasteiger partial charge on any atom is -0.423 e. The second-order valence-electron chi connectivity index (χ2n) is 7.94. The van der Waals surface area contributed by atoms with E-state index < -0.39 is 11.9 Å². The Balaban J connectivity index is 1.84. The molecule has 0 bridgehead atoms. The first-order chi connectivity index (χ1) is 15.4. The predicted molar refractivity (Wildman–Crippen MR) is 128 cm³/mol. The molecule has 0 amide bonds. The summed E-state index contributed by atoms with van der Waals surface area (Å²) >= 11 is 11.3. The Bertz CT molecular complexity index is 912. The lowest BCUT2D eigenvalue weighted by atomic mass is 9.65. The molecule has 32 heavy (non-hydrogen) atoms. The van der Waals surface area contributed by atoms with Gasteiger partial charge in [-0.15, -0.1) is 23.2 Å². The fourth-order valence-corrected chi connectivity index (χ4v) is 4.27. The van der Waals surface area contributed by atoms with E-state index in [9.17, 15) is 9.59 Å². The summed E-state index contributed by atoms with van der Waals surface area (Å²) in [6, 6.07) is 15.3. The number of carbonyl (C=O) groups is 2. The molecule has 0 radical (unpaired) electrons. The smallest absolute Gasteiger partial charge is 0.340 e. The maximum atomic E-state index is 11.9. The molecule has 6 heteroatoms. The van der Waals surface area contributed by atoms with Crippen molar-refractivity contribution in [1.29, 1.82) is 0 Å². The Morgan fingerprint density at radius 2 is 1.09 bits per heavy atom. The summed E-state index contributed by atoms with van der Waals surface area (Å²) in [7, 11) is 0. The normalized spacial score (nSPS) is 14.9. The summed E-state index contributed by atoms with van der Waals surface area (Å²) < 4.78 is 10.7. The molecule has 1 saturated carbocycles. The summed E-state index contributed by atoms with van der Waals surface area (Å²) in [5.74, 6) is -0.0730. The van der Waals surface area contributed by atoms with Crippen LogP contribution in [0.2, 0.25) is 0 Å². The molecule has 0 unspecified atom stereocenters. The summed E-state index contributed by atoms with van der Waals surface area (Å²) in [6.07, 6.45) is 5.47. The van der Waals surface area contributed by atoms with E-state index in [4.69, 9.17) is 32.7 Å². The van der Waals surface area contributed by atoms with Crippen LogP contribution in [0.3, 0.4) is 0 Å². The number of esters is 2. The summed E-state index contributed by atoms with van der Waals surface area (Å²) in [6.45, 7) is 7.20. The summed E-state index contributed by atoms with van der Waals surface area (Å²) in [5, 5.41) is 0. The highest BCUT2D eigenvalue weighted by Gasteiger charge is 2.35. The molecule has 0 heterocycles. The molecule has 0 N–H and O–H groups in total. The van der Waals surface area contributed by atoms with Crippen molar-refractivity contribution in [3.63, 3.8) is 0 Å². The number of rotatable bonds is 8. The molecule has 2 aromatic carbocycles. The van der Waals surface area contributed by atoms with Crippen molar-refractivity contribution < 1.29 is 19.1 Å². The van der Waals surface area contributed by atoms with E-state index in [1.807, 2.05) is 24.3 Å². The number of carbonyl (C=O) groups excluding carboxylic acids is 2. The third-order valence-corrected chi connectivity index (χ3v) is 6.49. The van der Waals surface area contributed by atoms with Gasteiger partial charge >= 0.3 is 11.9 Å². The maximum absolute atomic E-state index is 11.9. The fourth-order valence-electron chi connectivity index (χ4n) is 4.05. The van der Waals surface area contributed by atoms with Gasteiger partial charge in [0.2, 0.25) is 0 Å². The molecule has 0 aliphatic heterocycles. The van der Waals surface area contributed by atoms with Crippen LogP contribution in [0.25, 0.3) is 0 Å². The topological polar surface area (TPSA) is 52.6 Å². The third kappa shape index (κ3) is 5.43. The van der Waals surface area contributed by atoms with Crippen molar-refractivity contribution in [2.75, 3.05) is 11.8 Å². The van der Waals surface area contributed by atoms with Gasteiger partial charge in [0.15, 0.2) is 0 Å². The third-order valence-electron chi connectivity index (χ3n) is 5.84. The molecule has 2 aromatic rings. The SMILES string of the molecule is C=C(CCl)C(=O)Oc1ccc(C2(c3ccc(OC(=O)C(=C)CCl)cc3)CCCCC2)cc1. The fraction of sp³-hybridized carbons (Fsp3) is 0.308. The Kier molecular flexibility index (Phi) is 8.16. The van der Waals surface area contributed by atoms with Crippen LogP contribution in [0.15, 0.2) is 72.8 Å². The average molecular weight is 473 g/mol. The molecular formula is C26H26Cl2O4. The quantitative estimate of drug-likeness (QED) is 0.194. The van der Waals surface area contributed by atoms with E-state index in [0.717, 1.165) is 36.8 Å². The minimum absolute atomic E-state index is 0.0331. The van der Waals surface area contributed by atoms with Gasteiger partial charge in [0.1, 0.15) is 11.5 Å². The molecule has 1 aliphatic carbocycles. The number of benzene rings is 2. The number of halogens is 2. The van der Waals surface area contributed by atoms with Crippen LogP contribution < -0.4 is 9.47 Å². The number of hydrogen-bond acceptors (Lipinski definition) is 4.